The van der Waals surface area contributed by atoms with Crippen LogP contribution in [0, 0.1) is 0 Å². The minimum absolute atomic E-state index is 0.117. The van der Waals surface area contributed by atoms with Crippen LogP contribution >= 0.6 is 0 Å². The number of hydrogen-bond donors (Lipinski definition) is 2. The van der Waals surface area contributed by atoms with E-state index in [9.17, 15) is 14.4 Å². The highest BCUT2D eigenvalue weighted by Gasteiger charge is 2.16. The quantitative estimate of drug-likeness (QED) is 0.516. The number of rotatable bonds is 8. The van der Waals surface area contributed by atoms with Gasteiger partial charge in [0.2, 0.25) is 5.91 Å². The Morgan fingerprint density at radius 1 is 0.906 bits per heavy atom. The molecule has 8 nitrogen and oxygen atoms in total. The van der Waals surface area contributed by atoms with Crippen molar-refractivity contribution >= 4 is 16.8 Å². The summed E-state index contributed by atoms with van der Waals surface area (Å²) in [5, 5.41) is 3.29. The van der Waals surface area contributed by atoms with Gasteiger partial charge in [-0.05, 0) is 30.7 Å². The molecule has 2 aromatic carbocycles. The third-order valence-corrected chi connectivity index (χ3v) is 5.89. The van der Waals surface area contributed by atoms with E-state index in [0.717, 1.165) is 45.7 Å². The van der Waals surface area contributed by atoms with Crippen molar-refractivity contribution in [3.63, 3.8) is 0 Å². The molecule has 168 valence electrons. The first-order chi connectivity index (χ1) is 15.6. The summed E-state index contributed by atoms with van der Waals surface area (Å²) in [5.41, 5.74) is 0.797. The normalized spacial score (nSPS) is 15.1. The Hall–Kier alpha value is -3.23. The molecule has 4 rings (SSSR count). The Labute approximate surface area is 186 Å². The largest absolute Gasteiger partial charge is 0.354 e. The second-order valence-corrected chi connectivity index (χ2v) is 8.17. The third kappa shape index (κ3) is 5.52. The van der Waals surface area contributed by atoms with Gasteiger partial charge in [-0.3, -0.25) is 24.0 Å². The van der Waals surface area contributed by atoms with Crippen LogP contribution in [0.4, 0.5) is 0 Å². The molecule has 3 aromatic rings. The topological polar surface area (TPSA) is 90.4 Å². The lowest BCUT2D eigenvalue weighted by Gasteiger charge is -2.34. The van der Waals surface area contributed by atoms with E-state index in [2.05, 4.69) is 44.4 Å². The number of amides is 1. The standard InChI is InChI=1S/C24H29N5O3/c30-22(18-29-21-10-5-4-9-20(21)23(31)26-24(29)32)25-11-6-12-27-13-15-28(16-14-27)17-19-7-2-1-3-8-19/h1-5,7-10H,6,11-18H2,(H,25,30)(H,26,31,32). The van der Waals surface area contributed by atoms with Crippen molar-refractivity contribution in [1.29, 1.82) is 0 Å². The summed E-state index contributed by atoms with van der Waals surface area (Å²) in [6.45, 7) is 6.50. The highest BCUT2D eigenvalue weighted by Crippen LogP contribution is 2.09. The molecular formula is C24H29N5O3. The lowest BCUT2D eigenvalue weighted by Crippen LogP contribution is -2.46. The molecule has 0 radical (unpaired) electrons. The minimum Gasteiger partial charge on any atom is -0.354 e. The zero-order valence-electron chi connectivity index (χ0n) is 18.1. The molecule has 2 heterocycles. The van der Waals surface area contributed by atoms with Crippen molar-refractivity contribution in [2.24, 2.45) is 0 Å². The Bertz CT molecular complexity index is 1160. The van der Waals surface area contributed by atoms with Crippen molar-refractivity contribution in [2.45, 2.75) is 19.5 Å². The van der Waals surface area contributed by atoms with Gasteiger partial charge in [0.15, 0.2) is 0 Å². The fourth-order valence-electron chi connectivity index (χ4n) is 4.14. The molecule has 0 aliphatic carbocycles. The van der Waals surface area contributed by atoms with Crippen LogP contribution in [0.3, 0.4) is 0 Å². The van der Waals surface area contributed by atoms with Gasteiger partial charge < -0.3 is 10.2 Å². The van der Waals surface area contributed by atoms with Gasteiger partial charge in [-0.2, -0.15) is 0 Å². The SMILES string of the molecule is O=C(Cn1c(=O)[nH]c(=O)c2ccccc21)NCCCN1CCN(Cc2ccccc2)CC1. The maximum absolute atomic E-state index is 12.4. The predicted octanol–water partition coefficient (Wildman–Crippen LogP) is 1.01. The van der Waals surface area contributed by atoms with Crippen molar-refractivity contribution in [3.05, 3.63) is 81.0 Å². The molecular weight excluding hydrogens is 406 g/mol. The Balaban J connectivity index is 1.19. The van der Waals surface area contributed by atoms with Gasteiger partial charge in [-0.15, -0.1) is 0 Å². The smallest absolute Gasteiger partial charge is 0.329 e. The van der Waals surface area contributed by atoms with Crippen LogP contribution in [-0.2, 0) is 17.9 Å². The molecule has 8 heteroatoms. The van der Waals surface area contributed by atoms with Crippen LogP contribution in [0.2, 0.25) is 0 Å². The fraction of sp³-hybridized carbons (Fsp3) is 0.375. The van der Waals surface area contributed by atoms with Crippen LogP contribution < -0.4 is 16.6 Å². The second kappa shape index (κ2) is 10.4. The van der Waals surface area contributed by atoms with Gasteiger partial charge >= 0.3 is 5.69 Å². The number of nitrogens with zero attached hydrogens (tertiary/aromatic N) is 3. The monoisotopic (exact) mass is 435 g/mol. The average molecular weight is 436 g/mol. The third-order valence-electron chi connectivity index (χ3n) is 5.89. The number of benzene rings is 2. The number of para-hydroxylation sites is 1. The first kappa shape index (κ1) is 22.0. The molecule has 32 heavy (non-hydrogen) atoms. The summed E-state index contributed by atoms with van der Waals surface area (Å²) in [5.74, 6) is -0.239. The molecule has 1 saturated heterocycles. The Morgan fingerprint density at radius 2 is 1.59 bits per heavy atom. The van der Waals surface area contributed by atoms with Gasteiger partial charge in [-0.25, -0.2) is 4.79 Å². The van der Waals surface area contributed by atoms with Crippen molar-refractivity contribution in [1.82, 2.24) is 24.7 Å². The molecule has 0 saturated carbocycles. The maximum Gasteiger partial charge on any atom is 0.329 e. The van der Waals surface area contributed by atoms with Crippen LogP contribution in [0.1, 0.15) is 12.0 Å². The van der Waals surface area contributed by atoms with Crippen LogP contribution in [0.25, 0.3) is 10.9 Å². The molecule has 0 spiro atoms. The molecule has 1 amide bonds. The molecule has 1 aliphatic heterocycles. The molecule has 0 unspecified atom stereocenters. The van der Waals surface area contributed by atoms with Crippen molar-refractivity contribution in [3.8, 4) is 0 Å². The van der Waals surface area contributed by atoms with Crippen LogP contribution in [-0.4, -0.2) is 64.5 Å². The molecule has 1 fully saturated rings. The first-order valence-electron chi connectivity index (χ1n) is 11.1. The summed E-state index contributed by atoms with van der Waals surface area (Å²) >= 11 is 0. The number of hydrogen-bond acceptors (Lipinski definition) is 5. The Kier molecular flexibility index (Phi) is 7.14. The minimum atomic E-state index is -0.572. The number of carbonyl (C=O) groups excluding carboxylic acids is 1. The van der Waals surface area contributed by atoms with E-state index in [4.69, 9.17) is 0 Å². The lowest BCUT2D eigenvalue weighted by molar-refractivity contribution is -0.121. The van der Waals surface area contributed by atoms with Crippen molar-refractivity contribution in [2.75, 3.05) is 39.3 Å². The predicted molar refractivity (Wildman–Crippen MR) is 125 cm³/mol. The van der Waals surface area contributed by atoms with E-state index in [1.54, 1.807) is 24.3 Å². The number of aromatic amines is 1. The Morgan fingerprint density at radius 3 is 2.38 bits per heavy atom. The van der Waals surface area contributed by atoms with Crippen LogP contribution in [0.5, 0.6) is 0 Å². The molecule has 1 aromatic heterocycles. The number of fused-ring (bicyclic) bond motifs is 1. The first-order valence-corrected chi connectivity index (χ1v) is 11.1. The van der Waals surface area contributed by atoms with E-state index in [-0.39, 0.29) is 12.5 Å². The van der Waals surface area contributed by atoms with Gasteiger partial charge in [0, 0.05) is 39.3 Å². The van der Waals surface area contributed by atoms with Gasteiger partial charge in [0.1, 0.15) is 6.54 Å². The van der Waals surface area contributed by atoms with Gasteiger partial charge in [0.05, 0.1) is 10.9 Å². The van der Waals surface area contributed by atoms with Crippen molar-refractivity contribution < 1.29 is 4.79 Å². The summed E-state index contributed by atoms with van der Waals surface area (Å²) in [7, 11) is 0. The average Bonchev–Trinajstić information content (AvgIpc) is 2.81. The summed E-state index contributed by atoms with van der Waals surface area (Å²) in [4.78, 5) is 43.7. The number of aromatic nitrogens is 2. The lowest BCUT2D eigenvalue weighted by atomic mass is 10.2. The maximum atomic E-state index is 12.4. The summed E-state index contributed by atoms with van der Waals surface area (Å²) < 4.78 is 1.30. The molecule has 0 bridgehead atoms. The number of H-pyrrole nitrogens is 1. The van der Waals surface area contributed by atoms with Gasteiger partial charge in [-0.1, -0.05) is 42.5 Å². The van der Waals surface area contributed by atoms with Gasteiger partial charge in [0.25, 0.3) is 5.56 Å². The van der Waals surface area contributed by atoms with E-state index < -0.39 is 11.2 Å². The zero-order valence-corrected chi connectivity index (χ0v) is 18.1. The molecule has 0 atom stereocenters. The van der Waals surface area contributed by atoms with E-state index in [0.29, 0.717) is 17.4 Å². The molecule has 2 N–H and O–H groups in total. The fourth-order valence-corrected chi connectivity index (χ4v) is 4.14. The highest BCUT2D eigenvalue weighted by atomic mass is 16.2. The number of carbonyl (C=O) groups is 1. The zero-order chi connectivity index (χ0) is 22.3. The van der Waals surface area contributed by atoms with Crippen LogP contribution in [0.15, 0.2) is 64.2 Å². The number of piperazine rings is 1. The van der Waals surface area contributed by atoms with E-state index in [1.165, 1.54) is 10.1 Å². The second-order valence-electron chi connectivity index (χ2n) is 8.17. The number of nitrogens with one attached hydrogen (secondary N) is 2. The van der Waals surface area contributed by atoms with E-state index in [1.807, 2.05) is 6.07 Å². The summed E-state index contributed by atoms with van der Waals surface area (Å²) in [6, 6.07) is 17.3. The van der Waals surface area contributed by atoms with E-state index >= 15 is 0 Å². The highest BCUT2D eigenvalue weighted by molar-refractivity contribution is 5.81. The molecule has 1 aliphatic rings. The summed E-state index contributed by atoms with van der Waals surface area (Å²) in [6.07, 6.45) is 0.853.